The van der Waals surface area contributed by atoms with Crippen LogP contribution in [0, 0.1) is 0 Å². The van der Waals surface area contributed by atoms with Crippen LogP contribution in [0.2, 0.25) is 10.0 Å². The largest absolute Gasteiger partial charge is 0.457 e. The fourth-order valence-electron chi connectivity index (χ4n) is 3.83. The molecule has 2 heterocycles. The van der Waals surface area contributed by atoms with Crippen molar-refractivity contribution in [1.82, 2.24) is 0 Å². The smallest absolute Gasteiger partial charge is 0.202 e. The Morgan fingerprint density at radius 1 is 0.971 bits per heavy atom. The Labute approximate surface area is 214 Å². The number of hydrogen-bond acceptors (Lipinski definition) is 6. The van der Waals surface area contributed by atoms with E-state index in [1.54, 1.807) is 30.5 Å². The van der Waals surface area contributed by atoms with Crippen molar-refractivity contribution in [1.29, 1.82) is 0 Å². The fraction of sp³-hybridized carbons (Fsp3) is 0.222. The van der Waals surface area contributed by atoms with Gasteiger partial charge in [0, 0.05) is 36.3 Å². The second kappa shape index (κ2) is 11.1. The van der Waals surface area contributed by atoms with Gasteiger partial charge in [0.15, 0.2) is 12.0 Å². The zero-order valence-electron chi connectivity index (χ0n) is 18.9. The third-order valence-electron chi connectivity index (χ3n) is 5.50. The first-order chi connectivity index (χ1) is 17.2. The molecule has 6 nitrogen and oxygen atoms in total. The van der Waals surface area contributed by atoms with Crippen LogP contribution in [-0.4, -0.2) is 32.3 Å². The lowest BCUT2D eigenvalue weighted by atomic mass is 10.2. The first kappa shape index (κ1) is 23.7. The van der Waals surface area contributed by atoms with Gasteiger partial charge in [0.25, 0.3) is 0 Å². The molecule has 1 fully saturated rings. The molecular weight excluding hydrogens is 487 g/mol. The quantitative estimate of drug-likeness (QED) is 0.310. The maximum Gasteiger partial charge on any atom is 0.202 e. The second-order valence-electron chi connectivity index (χ2n) is 7.99. The summed E-state index contributed by atoms with van der Waals surface area (Å²) in [6.45, 7) is 2.05. The molecule has 0 saturated carbocycles. The molecule has 180 valence electrons. The number of rotatable bonds is 7. The minimum atomic E-state index is -0.239. The molecule has 5 rings (SSSR count). The predicted molar refractivity (Wildman–Crippen MR) is 139 cm³/mol. The van der Waals surface area contributed by atoms with E-state index in [9.17, 15) is 0 Å². The van der Waals surface area contributed by atoms with Crippen LogP contribution in [0.3, 0.4) is 0 Å². The van der Waals surface area contributed by atoms with Crippen LogP contribution >= 0.6 is 23.2 Å². The van der Waals surface area contributed by atoms with Crippen LogP contribution in [-0.2, 0) is 9.47 Å². The number of hydrogen-bond donors (Lipinski definition) is 0. The van der Waals surface area contributed by atoms with Gasteiger partial charge in [-0.25, -0.2) is 0 Å². The number of benzene rings is 3. The van der Waals surface area contributed by atoms with Gasteiger partial charge in [0.1, 0.15) is 11.5 Å². The summed E-state index contributed by atoms with van der Waals surface area (Å²) in [7, 11) is 0. The summed E-state index contributed by atoms with van der Waals surface area (Å²) in [5, 5.41) is 1.09. The standard InChI is InChI=1S/C27H24Cl2N2O4/c28-19-7-9-22(29)23(17-19)30-13-11-26-31(14-12-27-32-15-4-16-33-27)24-18-21(8-10-25(24)35-26)34-20-5-2-1-3-6-20/h1-3,5-11,13,17-18,27H,4,12,14-16H2. The van der Waals surface area contributed by atoms with Crippen molar-refractivity contribution in [3.05, 3.63) is 88.7 Å². The molecule has 0 bridgehead atoms. The molecule has 0 radical (unpaired) electrons. The van der Waals surface area contributed by atoms with Crippen LogP contribution in [0.4, 0.5) is 11.4 Å². The van der Waals surface area contributed by atoms with Crippen molar-refractivity contribution < 1.29 is 18.9 Å². The molecule has 0 aliphatic carbocycles. The summed E-state index contributed by atoms with van der Waals surface area (Å²) in [5.74, 6) is 2.85. The highest BCUT2D eigenvalue weighted by Gasteiger charge is 2.28. The third-order valence-corrected chi connectivity index (χ3v) is 6.06. The summed E-state index contributed by atoms with van der Waals surface area (Å²) in [5.41, 5.74) is 1.48. The van der Waals surface area contributed by atoms with Gasteiger partial charge in [-0.3, -0.25) is 4.99 Å². The average Bonchev–Trinajstić information content (AvgIpc) is 3.22. The lowest BCUT2D eigenvalue weighted by Crippen LogP contribution is -2.30. The Kier molecular flexibility index (Phi) is 7.54. The van der Waals surface area contributed by atoms with Gasteiger partial charge >= 0.3 is 0 Å². The Morgan fingerprint density at radius 2 is 1.80 bits per heavy atom. The van der Waals surface area contributed by atoms with E-state index in [0.29, 0.717) is 53.5 Å². The van der Waals surface area contributed by atoms with Crippen molar-refractivity contribution in [3.8, 4) is 17.2 Å². The van der Waals surface area contributed by atoms with E-state index in [4.69, 9.17) is 42.1 Å². The highest BCUT2D eigenvalue weighted by Crippen LogP contribution is 2.42. The number of aliphatic imine (C=N–C) groups is 1. The van der Waals surface area contributed by atoms with E-state index < -0.39 is 0 Å². The second-order valence-corrected chi connectivity index (χ2v) is 8.83. The minimum absolute atomic E-state index is 0.239. The molecule has 2 aliphatic rings. The normalized spacial score (nSPS) is 17.1. The molecule has 0 atom stereocenters. The summed E-state index contributed by atoms with van der Waals surface area (Å²) in [6, 6.07) is 20.6. The molecule has 3 aromatic carbocycles. The maximum atomic E-state index is 6.24. The predicted octanol–water partition coefficient (Wildman–Crippen LogP) is 7.38. The highest BCUT2D eigenvalue weighted by molar-refractivity contribution is 6.35. The van der Waals surface area contributed by atoms with Gasteiger partial charge < -0.3 is 23.8 Å². The molecule has 35 heavy (non-hydrogen) atoms. The summed E-state index contributed by atoms with van der Waals surface area (Å²) < 4.78 is 23.7. The van der Waals surface area contributed by atoms with E-state index in [1.165, 1.54) is 0 Å². The van der Waals surface area contributed by atoms with Gasteiger partial charge in [-0.15, -0.1) is 0 Å². The molecule has 0 N–H and O–H groups in total. The third kappa shape index (κ3) is 5.97. The number of ether oxygens (including phenoxy) is 4. The lowest BCUT2D eigenvalue weighted by Gasteiger charge is -2.26. The lowest BCUT2D eigenvalue weighted by molar-refractivity contribution is -0.179. The van der Waals surface area contributed by atoms with Crippen molar-refractivity contribution >= 4 is 40.8 Å². The molecule has 8 heteroatoms. The van der Waals surface area contributed by atoms with Crippen molar-refractivity contribution in [2.24, 2.45) is 4.99 Å². The van der Waals surface area contributed by atoms with E-state index in [-0.39, 0.29) is 6.29 Å². The maximum absolute atomic E-state index is 6.24. The van der Waals surface area contributed by atoms with Crippen LogP contribution < -0.4 is 14.4 Å². The Hall–Kier alpha value is -3.03. The number of allylic oxidation sites excluding steroid dienone is 1. The number of anilines is 1. The number of nitrogens with zero attached hydrogens (tertiary/aromatic N) is 2. The number of fused-ring (bicyclic) bond motifs is 1. The number of para-hydroxylation sites is 1. The van der Waals surface area contributed by atoms with Crippen molar-refractivity contribution in [2.45, 2.75) is 19.1 Å². The monoisotopic (exact) mass is 510 g/mol. The van der Waals surface area contributed by atoms with Crippen LogP contribution in [0.5, 0.6) is 17.2 Å². The average molecular weight is 511 g/mol. The van der Waals surface area contributed by atoms with E-state index in [1.807, 2.05) is 48.5 Å². The summed E-state index contributed by atoms with van der Waals surface area (Å²) in [6.07, 6.45) is 4.82. The van der Waals surface area contributed by atoms with Crippen LogP contribution in [0.1, 0.15) is 12.8 Å². The molecule has 0 spiro atoms. The van der Waals surface area contributed by atoms with Gasteiger partial charge in [-0.1, -0.05) is 41.4 Å². The molecular formula is C27H24Cl2N2O4. The molecule has 1 saturated heterocycles. The first-order valence-electron chi connectivity index (χ1n) is 11.4. The topological polar surface area (TPSA) is 52.5 Å². The number of halogens is 2. The fourth-order valence-corrected chi connectivity index (χ4v) is 4.16. The molecule has 0 unspecified atom stereocenters. The van der Waals surface area contributed by atoms with Crippen LogP contribution in [0.25, 0.3) is 0 Å². The zero-order chi connectivity index (χ0) is 24.0. The van der Waals surface area contributed by atoms with E-state index >= 15 is 0 Å². The SMILES string of the molecule is Clc1ccc(Cl)c(N=CC=C2Oc3ccc(Oc4ccccc4)cc3N2CCC2OCCCO2)c1. The zero-order valence-corrected chi connectivity index (χ0v) is 20.4. The molecule has 0 amide bonds. The van der Waals surface area contributed by atoms with Gasteiger partial charge in [-0.2, -0.15) is 0 Å². The minimum Gasteiger partial charge on any atom is -0.457 e. The Bertz CT molecular complexity index is 1230. The van der Waals surface area contributed by atoms with Crippen molar-refractivity contribution in [3.63, 3.8) is 0 Å². The molecule has 0 aromatic heterocycles. The van der Waals surface area contributed by atoms with Gasteiger partial charge in [0.05, 0.1) is 29.6 Å². The Balaban J connectivity index is 1.39. The molecule has 3 aromatic rings. The summed E-state index contributed by atoms with van der Waals surface area (Å²) >= 11 is 12.3. The molecule has 2 aliphatic heterocycles. The highest BCUT2D eigenvalue weighted by atomic mass is 35.5. The van der Waals surface area contributed by atoms with E-state index in [0.717, 1.165) is 23.6 Å². The summed E-state index contributed by atoms with van der Waals surface area (Å²) in [4.78, 5) is 6.52. The van der Waals surface area contributed by atoms with Gasteiger partial charge in [-0.05, 0) is 48.9 Å². The van der Waals surface area contributed by atoms with Gasteiger partial charge in [0.2, 0.25) is 5.88 Å². The first-order valence-corrected chi connectivity index (χ1v) is 12.2. The van der Waals surface area contributed by atoms with Crippen LogP contribution in [0.15, 0.2) is 83.7 Å². The van der Waals surface area contributed by atoms with Crippen molar-refractivity contribution in [2.75, 3.05) is 24.7 Å². The Morgan fingerprint density at radius 3 is 2.63 bits per heavy atom. The van der Waals surface area contributed by atoms with E-state index in [2.05, 4.69) is 9.89 Å².